The first kappa shape index (κ1) is 11.5. The lowest BCUT2D eigenvalue weighted by molar-refractivity contribution is 0.0293. The summed E-state index contributed by atoms with van der Waals surface area (Å²) in [6.07, 6.45) is 9.16. The molecule has 0 saturated heterocycles. The molecule has 1 unspecified atom stereocenters. The zero-order valence-electron chi connectivity index (χ0n) is 7.84. The Morgan fingerprint density at radius 3 is 2.58 bits per heavy atom. The van der Waals surface area contributed by atoms with Gasteiger partial charge in [-0.3, -0.25) is 0 Å². The number of hydrogen-bond acceptors (Lipinski definition) is 2. The van der Waals surface area contributed by atoms with Crippen molar-refractivity contribution in [2.45, 2.75) is 44.6 Å². The molecule has 0 aromatic heterocycles. The Balaban J connectivity index is 3.72. The van der Waals surface area contributed by atoms with E-state index in [0.717, 1.165) is 32.1 Å². The van der Waals surface area contributed by atoms with Gasteiger partial charge in [-0.05, 0) is 19.3 Å². The van der Waals surface area contributed by atoms with Crippen LogP contribution in [0.2, 0.25) is 0 Å². The van der Waals surface area contributed by atoms with Crippen molar-refractivity contribution in [1.29, 1.82) is 0 Å². The highest BCUT2D eigenvalue weighted by Crippen LogP contribution is 2.18. The predicted molar refractivity (Wildman–Crippen MR) is 51.6 cm³/mol. The summed E-state index contributed by atoms with van der Waals surface area (Å²) in [6, 6.07) is 0. The standard InChI is InChI=1S/C10H19NO/c1-3-5-6-8-10(12,9-11)7-4-2/h1,12H,4-9,11H2,2H3. The fourth-order valence-corrected chi connectivity index (χ4v) is 1.31. The largest absolute Gasteiger partial charge is 0.389 e. The lowest BCUT2D eigenvalue weighted by Crippen LogP contribution is -2.37. The van der Waals surface area contributed by atoms with Crippen LogP contribution in [0.3, 0.4) is 0 Å². The average molecular weight is 169 g/mol. The molecule has 0 saturated carbocycles. The maximum atomic E-state index is 9.85. The Hall–Kier alpha value is -0.520. The molecule has 0 aliphatic heterocycles. The second kappa shape index (κ2) is 6.05. The van der Waals surface area contributed by atoms with Crippen molar-refractivity contribution < 1.29 is 5.11 Å². The molecule has 2 nitrogen and oxygen atoms in total. The van der Waals surface area contributed by atoms with E-state index >= 15 is 0 Å². The van der Waals surface area contributed by atoms with Crippen molar-refractivity contribution >= 4 is 0 Å². The zero-order valence-corrected chi connectivity index (χ0v) is 7.84. The quantitative estimate of drug-likeness (QED) is 0.465. The van der Waals surface area contributed by atoms with Gasteiger partial charge in [0.1, 0.15) is 0 Å². The Morgan fingerprint density at radius 2 is 2.17 bits per heavy atom. The van der Waals surface area contributed by atoms with Crippen molar-refractivity contribution in [2.75, 3.05) is 6.54 Å². The number of terminal acetylenes is 1. The van der Waals surface area contributed by atoms with Gasteiger partial charge in [0.25, 0.3) is 0 Å². The van der Waals surface area contributed by atoms with E-state index in [1.54, 1.807) is 0 Å². The third kappa shape index (κ3) is 4.38. The monoisotopic (exact) mass is 169 g/mol. The second-order valence-electron chi connectivity index (χ2n) is 3.24. The minimum absolute atomic E-state index is 0.339. The molecule has 0 bridgehead atoms. The van der Waals surface area contributed by atoms with Crippen molar-refractivity contribution in [2.24, 2.45) is 5.73 Å². The summed E-state index contributed by atoms with van der Waals surface area (Å²) < 4.78 is 0. The van der Waals surface area contributed by atoms with Crippen LogP contribution in [0.15, 0.2) is 0 Å². The molecule has 70 valence electrons. The smallest absolute Gasteiger partial charge is 0.0769 e. The Morgan fingerprint density at radius 1 is 1.50 bits per heavy atom. The first-order valence-corrected chi connectivity index (χ1v) is 4.54. The first-order chi connectivity index (χ1) is 5.68. The van der Waals surface area contributed by atoms with E-state index in [1.165, 1.54) is 0 Å². The summed E-state index contributed by atoms with van der Waals surface area (Å²) in [4.78, 5) is 0. The Bertz CT molecular complexity index is 150. The molecular weight excluding hydrogens is 150 g/mol. The molecule has 0 aliphatic rings. The number of hydrogen-bond donors (Lipinski definition) is 2. The van der Waals surface area contributed by atoms with Crippen LogP contribution in [-0.2, 0) is 0 Å². The number of nitrogens with two attached hydrogens (primary N) is 1. The van der Waals surface area contributed by atoms with Crippen molar-refractivity contribution in [1.82, 2.24) is 0 Å². The molecule has 1 atom stereocenters. The molecular formula is C10H19NO. The molecule has 0 radical (unpaired) electrons. The normalized spacial score (nSPS) is 15.2. The topological polar surface area (TPSA) is 46.2 Å². The molecule has 12 heavy (non-hydrogen) atoms. The SMILES string of the molecule is C#CCCCC(O)(CN)CCC. The summed E-state index contributed by atoms with van der Waals surface area (Å²) in [5.41, 5.74) is 4.80. The average Bonchev–Trinajstić information content (AvgIpc) is 2.06. The number of rotatable bonds is 6. The summed E-state index contributed by atoms with van der Waals surface area (Å²) in [7, 11) is 0. The van der Waals surface area contributed by atoms with Gasteiger partial charge in [-0.2, -0.15) is 0 Å². The fourth-order valence-electron chi connectivity index (χ4n) is 1.31. The minimum atomic E-state index is -0.675. The molecule has 0 aromatic rings. The van der Waals surface area contributed by atoms with Crippen LogP contribution in [0, 0.1) is 12.3 Å². The van der Waals surface area contributed by atoms with Gasteiger partial charge in [0.15, 0.2) is 0 Å². The van der Waals surface area contributed by atoms with Crippen LogP contribution in [0.5, 0.6) is 0 Å². The Kier molecular flexibility index (Phi) is 5.79. The second-order valence-corrected chi connectivity index (χ2v) is 3.24. The number of unbranched alkanes of at least 4 members (excludes halogenated alkanes) is 1. The van der Waals surface area contributed by atoms with E-state index in [4.69, 9.17) is 12.2 Å². The van der Waals surface area contributed by atoms with Gasteiger partial charge in [-0.25, -0.2) is 0 Å². The Labute approximate surface area is 75.2 Å². The minimum Gasteiger partial charge on any atom is -0.389 e. The highest BCUT2D eigenvalue weighted by atomic mass is 16.3. The molecule has 0 amide bonds. The molecule has 0 spiro atoms. The zero-order chi connectivity index (χ0) is 9.45. The van der Waals surface area contributed by atoms with Crippen LogP contribution in [0.4, 0.5) is 0 Å². The van der Waals surface area contributed by atoms with Crippen molar-refractivity contribution in [3.63, 3.8) is 0 Å². The highest BCUT2D eigenvalue weighted by molar-refractivity contribution is 4.86. The summed E-state index contributed by atoms with van der Waals surface area (Å²) in [5.74, 6) is 2.55. The molecule has 0 aromatic carbocycles. The van der Waals surface area contributed by atoms with E-state index in [9.17, 15) is 5.11 Å². The van der Waals surface area contributed by atoms with Gasteiger partial charge in [-0.1, -0.05) is 13.3 Å². The van der Waals surface area contributed by atoms with Gasteiger partial charge in [-0.15, -0.1) is 12.3 Å². The van der Waals surface area contributed by atoms with E-state index in [-0.39, 0.29) is 0 Å². The third-order valence-electron chi connectivity index (χ3n) is 2.06. The lowest BCUT2D eigenvalue weighted by atomic mass is 9.92. The highest BCUT2D eigenvalue weighted by Gasteiger charge is 2.22. The predicted octanol–water partition coefficient (Wildman–Crippen LogP) is 1.28. The van der Waals surface area contributed by atoms with Crippen LogP contribution < -0.4 is 5.73 Å². The molecule has 0 heterocycles. The molecule has 0 fully saturated rings. The molecule has 0 aliphatic carbocycles. The lowest BCUT2D eigenvalue weighted by Gasteiger charge is -2.25. The summed E-state index contributed by atoms with van der Waals surface area (Å²) >= 11 is 0. The maximum Gasteiger partial charge on any atom is 0.0769 e. The van der Waals surface area contributed by atoms with E-state index < -0.39 is 5.60 Å². The molecule has 0 rings (SSSR count). The summed E-state index contributed by atoms with van der Waals surface area (Å²) in [6.45, 7) is 2.38. The number of aliphatic hydroxyl groups is 1. The third-order valence-corrected chi connectivity index (χ3v) is 2.06. The van der Waals surface area contributed by atoms with Gasteiger partial charge in [0.2, 0.25) is 0 Å². The van der Waals surface area contributed by atoms with Gasteiger partial charge in [0.05, 0.1) is 5.60 Å². The van der Waals surface area contributed by atoms with E-state index in [1.807, 2.05) is 6.92 Å². The van der Waals surface area contributed by atoms with E-state index in [2.05, 4.69) is 5.92 Å². The van der Waals surface area contributed by atoms with Crippen LogP contribution in [0.1, 0.15) is 39.0 Å². The fraction of sp³-hybridized carbons (Fsp3) is 0.800. The van der Waals surface area contributed by atoms with Crippen LogP contribution in [0.25, 0.3) is 0 Å². The van der Waals surface area contributed by atoms with Gasteiger partial charge in [0, 0.05) is 13.0 Å². The molecule has 2 heteroatoms. The molecule has 3 N–H and O–H groups in total. The van der Waals surface area contributed by atoms with Crippen molar-refractivity contribution in [3.8, 4) is 12.3 Å². The van der Waals surface area contributed by atoms with E-state index in [0.29, 0.717) is 6.54 Å². The van der Waals surface area contributed by atoms with Crippen LogP contribution >= 0.6 is 0 Å². The summed E-state index contributed by atoms with van der Waals surface area (Å²) in [5, 5.41) is 9.85. The van der Waals surface area contributed by atoms with Gasteiger partial charge >= 0.3 is 0 Å². The van der Waals surface area contributed by atoms with Gasteiger partial charge < -0.3 is 10.8 Å². The first-order valence-electron chi connectivity index (χ1n) is 4.54. The van der Waals surface area contributed by atoms with Crippen LogP contribution in [-0.4, -0.2) is 17.3 Å². The van der Waals surface area contributed by atoms with Crippen molar-refractivity contribution in [3.05, 3.63) is 0 Å². The maximum absolute atomic E-state index is 9.85.